The highest BCUT2D eigenvalue weighted by molar-refractivity contribution is 6.12. The molecule has 0 radical (unpaired) electrons. The maximum Gasteiger partial charge on any atom is 0.419 e. The van der Waals surface area contributed by atoms with E-state index in [-0.39, 0.29) is 11.1 Å². The average Bonchev–Trinajstić information content (AvgIpc) is 3.00. The van der Waals surface area contributed by atoms with Crippen molar-refractivity contribution in [3.63, 3.8) is 0 Å². The molecule has 0 spiro atoms. The van der Waals surface area contributed by atoms with Crippen LogP contribution in [0.3, 0.4) is 0 Å². The lowest BCUT2D eigenvalue weighted by atomic mass is 10.1. The van der Waals surface area contributed by atoms with Gasteiger partial charge in [0.05, 0.1) is 16.6 Å². The molecular weight excluding hydrogens is 403 g/mol. The fourth-order valence-corrected chi connectivity index (χ4v) is 3.49. The number of halogens is 1. The molecule has 0 unspecified atom stereocenters. The quantitative estimate of drug-likeness (QED) is 0.513. The van der Waals surface area contributed by atoms with E-state index in [9.17, 15) is 18.8 Å². The number of carbonyl (C=O) groups is 1. The summed E-state index contributed by atoms with van der Waals surface area (Å²) in [6.45, 7) is 2.76. The molecule has 1 amide bonds. The van der Waals surface area contributed by atoms with E-state index in [1.54, 1.807) is 31.2 Å². The Hall–Kier alpha value is -3.72. The summed E-state index contributed by atoms with van der Waals surface area (Å²) in [6.07, 6.45) is 0. The van der Waals surface area contributed by atoms with Gasteiger partial charge in [-0.2, -0.15) is 0 Å². The molecule has 0 aliphatic rings. The van der Waals surface area contributed by atoms with E-state index in [1.165, 1.54) is 10.6 Å². The second-order valence-corrected chi connectivity index (χ2v) is 7.68. The minimum atomic E-state index is -0.605. The molecule has 2 aromatic heterocycles. The van der Waals surface area contributed by atoms with Crippen LogP contribution in [0.5, 0.6) is 0 Å². The number of H-pyrrole nitrogens is 1. The van der Waals surface area contributed by atoms with Gasteiger partial charge < -0.3 is 19.6 Å². The lowest BCUT2D eigenvalue weighted by Crippen LogP contribution is -2.23. The molecule has 4 rings (SSSR count). The predicted molar refractivity (Wildman–Crippen MR) is 116 cm³/mol. The summed E-state index contributed by atoms with van der Waals surface area (Å²) in [5.74, 6) is -1.65. The van der Waals surface area contributed by atoms with E-state index in [4.69, 9.17) is 4.42 Å². The first kappa shape index (κ1) is 20.5. The number of rotatable bonds is 5. The summed E-state index contributed by atoms with van der Waals surface area (Å²) in [6, 6.07) is 8.90. The maximum absolute atomic E-state index is 14.3. The van der Waals surface area contributed by atoms with Gasteiger partial charge in [0.1, 0.15) is 5.82 Å². The minimum absolute atomic E-state index is 0.0222. The molecule has 9 heteroatoms. The highest BCUT2D eigenvalue weighted by Crippen LogP contribution is 2.23. The third-order valence-electron chi connectivity index (χ3n) is 4.99. The summed E-state index contributed by atoms with van der Waals surface area (Å²) in [5.41, 5.74) is 1.44. The van der Waals surface area contributed by atoms with Gasteiger partial charge in [0, 0.05) is 30.2 Å². The van der Waals surface area contributed by atoms with E-state index in [1.807, 2.05) is 19.0 Å². The van der Waals surface area contributed by atoms with Gasteiger partial charge in [0.15, 0.2) is 5.58 Å². The van der Waals surface area contributed by atoms with E-state index in [0.29, 0.717) is 40.8 Å². The van der Waals surface area contributed by atoms with Crippen LogP contribution in [-0.4, -0.2) is 41.0 Å². The summed E-state index contributed by atoms with van der Waals surface area (Å²) in [4.78, 5) is 41.5. The Labute approximate surface area is 175 Å². The molecule has 8 nitrogen and oxygen atoms in total. The zero-order chi connectivity index (χ0) is 22.3. The maximum atomic E-state index is 14.3. The summed E-state index contributed by atoms with van der Waals surface area (Å²) in [7, 11) is 3.80. The van der Waals surface area contributed by atoms with Crippen LogP contribution < -0.4 is 16.6 Å². The number of hydrogen-bond donors (Lipinski definition) is 2. The molecule has 0 bridgehead atoms. The number of fused-ring (bicyclic) bond motifs is 2. The summed E-state index contributed by atoms with van der Waals surface area (Å²) >= 11 is 0. The van der Waals surface area contributed by atoms with E-state index < -0.39 is 23.0 Å². The lowest BCUT2D eigenvalue weighted by Gasteiger charge is -2.11. The van der Waals surface area contributed by atoms with Crippen LogP contribution in [0.2, 0.25) is 0 Å². The standard InChI is InChI=1S/C22H21FN4O4/c1-12-8-14-15(11-19(28)25-20(14)16(23)9-12)21(29)24-13-4-5-18-17(10-13)27(22(30)31-18)7-6-26(2)3/h4-5,8-11H,6-7H2,1-3H3,(H,24,29)(H,25,28). The fourth-order valence-electron chi connectivity index (χ4n) is 3.49. The van der Waals surface area contributed by atoms with Crippen LogP contribution in [0, 0.1) is 12.7 Å². The van der Waals surface area contributed by atoms with Gasteiger partial charge in [-0.1, -0.05) is 0 Å². The van der Waals surface area contributed by atoms with Crippen LogP contribution in [-0.2, 0) is 6.54 Å². The number of oxazole rings is 1. The van der Waals surface area contributed by atoms with Gasteiger partial charge in [-0.15, -0.1) is 0 Å². The Kier molecular flexibility index (Phi) is 5.20. The van der Waals surface area contributed by atoms with Crippen molar-refractivity contribution >= 4 is 33.6 Å². The van der Waals surface area contributed by atoms with Crippen LogP contribution in [0.25, 0.3) is 22.0 Å². The molecule has 160 valence electrons. The van der Waals surface area contributed by atoms with Crippen molar-refractivity contribution in [1.29, 1.82) is 0 Å². The second kappa shape index (κ2) is 7.84. The number of aromatic nitrogens is 2. The highest BCUT2D eigenvalue weighted by Gasteiger charge is 2.16. The van der Waals surface area contributed by atoms with Crippen LogP contribution in [0.15, 0.2) is 50.4 Å². The SMILES string of the molecule is Cc1cc(F)c2[nH]c(=O)cc(C(=O)Nc3ccc4oc(=O)n(CCN(C)C)c4c3)c2c1. The number of carbonyl (C=O) groups excluding carboxylic acids is 1. The lowest BCUT2D eigenvalue weighted by molar-refractivity contribution is 0.102. The van der Waals surface area contributed by atoms with E-state index in [2.05, 4.69) is 10.3 Å². The van der Waals surface area contributed by atoms with Gasteiger partial charge in [-0.3, -0.25) is 14.2 Å². The molecule has 2 aromatic carbocycles. The van der Waals surface area contributed by atoms with Crippen molar-refractivity contribution in [2.45, 2.75) is 13.5 Å². The van der Waals surface area contributed by atoms with E-state index in [0.717, 1.165) is 6.07 Å². The zero-order valence-corrected chi connectivity index (χ0v) is 17.3. The number of anilines is 1. The molecule has 0 aliphatic heterocycles. The number of amides is 1. The fraction of sp³-hybridized carbons (Fsp3) is 0.227. The molecular formula is C22H21FN4O4. The number of aryl methyl sites for hydroxylation is 1. The first-order chi connectivity index (χ1) is 14.7. The number of nitrogens with zero attached hydrogens (tertiary/aromatic N) is 2. The Balaban J connectivity index is 1.73. The Morgan fingerprint density at radius 1 is 1.19 bits per heavy atom. The molecule has 2 N–H and O–H groups in total. The van der Waals surface area contributed by atoms with Gasteiger partial charge in [-0.25, -0.2) is 9.18 Å². The van der Waals surface area contributed by atoms with Gasteiger partial charge in [0.25, 0.3) is 5.91 Å². The molecule has 0 saturated heterocycles. The molecule has 4 aromatic rings. The first-order valence-electron chi connectivity index (χ1n) is 9.65. The van der Waals surface area contributed by atoms with Crippen LogP contribution in [0.4, 0.5) is 10.1 Å². The Morgan fingerprint density at radius 2 is 1.97 bits per heavy atom. The highest BCUT2D eigenvalue weighted by atomic mass is 19.1. The Bertz CT molecular complexity index is 1430. The average molecular weight is 424 g/mol. The normalized spacial score (nSPS) is 11.5. The zero-order valence-electron chi connectivity index (χ0n) is 17.3. The van der Waals surface area contributed by atoms with Crippen molar-refractivity contribution in [1.82, 2.24) is 14.5 Å². The molecule has 0 aliphatic carbocycles. The van der Waals surface area contributed by atoms with E-state index >= 15 is 0 Å². The van der Waals surface area contributed by atoms with Crippen molar-refractivity contribution in [3.8, 4) is 0 Å². The molecule has 0 atom stereocenters. The molecule has 31 heavy (non-hydrogen) atoms. The first-order valence-corrected chi connectivity index (χ1v) is 9.65. The summed E-state index contributed by atoms with van der Waals surface area (Å²) < 4.78 is 21.1. The second-order valence-electron chi connectivity index (χ2n) is 7.68. The Morgan fingerprint density at radius 3 is 2.71 bits per heavy atom. The minimum Gasteiger partial charge on any atom is -0.408 e. The topological polar surface area (TPSA) is 100 Å². The third kappa shape index (κ3) is 3.99. The van der Waals surface area contributed by atoms with Crippen molar-refractivity contribution in [2.24, 2.45) is 0 Å². The molecule has 2 heterocycles. The van der Waals surface area contributed by atoms with Crippen LogP contribution in [0.1, 0.15) is 15.9 Å². The smallest absolute Gasteiger partial charge is 0.408 e. The number of pyridine rings is 1. The number of aromatic amines is 1. The van der Waals surface area contributed by atoms with Crippen LogP contribution >= 0.6 is 0 Å². The van der Waals surface area contributed by atoms with Gasteiger partial charge in [-0.05, 0) is 56.9 Å². The van der Waals surface area contributed by atoms with Crippen molar-refractivity contribution in [2.75, 3.05) is 26.0 Å². The largest absolute Gasteiger partial charge is 0.419 e. The predicted octanol–water partition coefficient (Wildman–Crippen LogP) is 2.70. The monoisotopic (exact) mass is 424 g/mol. The van der Waals surface area contributed by atoms with Crippen molar-refractivity contribution < 1.29 is 13.6 Å². The third-order valence-corrected chi connectivity index (χ3v) is 4.99. The number of hydrogen-bond acceptors (Lipinski definition) is 5. The van der Waals surface area contributed by atoms with Crippen molar-refractivity contribution in [3.05, 3.63) is 74.2 Å². The van der Waals surface area contributed by atoms with Gasteiger partial charge in [0.2, 0.25) is 5.56 Å². The molecule has 0 saturated carbocycles. The number of benzene rings is 2. The van der Waals surface area contributed by atoms with Gasteiger partial charge >= 0.3 is 5.76 Å². The number of likely N-dealkylation sites (N-methyl/N-ethyl adjacent to an activating group) is 1. The summed E-state index contributed by atoms with van der Waals surface area (Å²) in [5, 5.41) is 3.04. The number of nitrogens with one attached hydrogen (secondary N) is 2. The molecule has 0 fully saturated rings.